The molecule has 132 valence electrons. The van der Waals surface area contributed by atoms with Crippen LogP contribution >= 0.6 is 0 Å². The summed E-state index contributed by atoms with van der Waals surface area (Å²) in [6.45, 7) is 1.83. The third-order valence-electron chi connectivity index (χ3n) is 3.45. The molecule has 0 bridgehead atoms. The quantitative estimate of drug-likeness (QED) is 0.579. The van der Waals surface area contributed by atoms with Crippen molar-refractivity contribution in [3.05, 3.63) is 71.3 Å². The molecule has 0 amide bonds. The summed E-state index contributed by atoms with van der Waals surface area (Å²) in [6, 6.07) is 11.5. The fraction of sp³-hybridized carbons (Fsp3) is 0.211. The van der Waals surface area contributed by atoms with Crippen LogP contribution in [0.25, 0.3) is 5.57 Å². The van der Waals surface area contributed by atoms with Gasteiger partial charge in [-0.25, -0.2) is 4.79 Å². The molecular weight excluding hydrogens is 333 g/mol. The van der Waals surface area contributed by atoms with Crippen LogP contribution in [0.15, 0.2) is 54.6 Å². The largest absolute Gasteiger partial charge is 0.497 e. The lowest BCUT2D eigenvalue weighted by Crippen LogP contribution is -2.06. The summed E-state index contributed by atoms with van der Waals surface area (Å²) in [5.41, 5.74) is 0.404. The summed E-state index contributed by atoms with van der Waals surface area (Å²) < 4.78 is 48.9. The summed E-state index contributed by atoms with van der Waals surface area (Å²) >= 11 is 0. The van der Waals surface area contributed by atoms with Crippen molar-refractivity contribution >= 4 is 11.5 Å². The Morgan fingerprint density at radius 1 is 1.08 bits per heavy atom. The smallest absolute Gasteiger partial charge is 0.416 e. The van der Waals surface area contributed by atoms with Gasteiger partial charge in [-0.15, -0.1) is 0 Å². The first kappa shape index (κ1) is 18.6. The molecule has 0 N–H and O–H groups in total. The molecule has 0 saturated heterocycles. The third kappa shape index (κ3) is 4.86. The molecule has 0 spiro atoms. The minimum absolute atomic E-state index is 0.174. The monoisotopic (exact) mass is 350 g/mol. The maximum atomic E-state index is 13.0. The molecule has 0 aliphatic carbocycles. The van der Waals surface area contributed by atoms with Crippen LogP contribution in [-0.2, 0) is 15.7 Å². The van der Waals surface area contributed by atoms with Crippen molar-refractivity contribution in [3.8, 4) is 5.75 Å². The zero-order valence-corrected chi connectivity index (χ0v) is 13.8. The van der Waals surface area contributed by atoms with Gasteiger partial charge >= 0.3 is 12.1 Å². The lowest BCUT2D eigenvalue weighted by atomic mass is 9.96. The van der Waals surface area contributed by atoms with Crippen molar-refractivity contribution in [2.24, 2.45) is 0 Å². The van der Waals surface area contributed by atoms with Crippen molar-refractivity contribution in [1.29, 1.82) is 0 Å². The molecule has 2 aromatic rings. The molecular formula is C19H17F3O3. The Bertz CT molecular complexity index is 762. The average molecular weight is 350 g/mol. The van der Waals surface area contributed by atoms with E-state index in [2.05, 4.69) is 0 Å². The number of benzene rings is 2. The molecule has 0 aliphatic heterocycles. The van der Waals surface area contributed by atoms with Crippen LogP contribution in [0.5, 0.6) is 5.75 Å². The summed E-state index contributed by atoms with van der Waals surface area (Å²) in [4.78, 5) is 11.9. The van der Waals surface area contributed by atoms with E-state index in [0.717, 1.165) is 12.1 Å². The number of halogens is 3. The van der Waals surface area contributed by atoms with E-state index in [4.69, 9.17) is 9.47 Å². The van der Waals surface area contributed by atoms with E-state index >= 15 is 0 Å². The van der Waals surface area contributed by atoms with Gasteiger partial charge in [-0.2, -0.15) is 13.2 Å². The lowest BCUT2D eigenvalue weighted by Gasteiger charge is -2.12. The number of rotatable bonds is 5. The van der Waals surface area contributed by atoms with Crippen LogP contribution in [0.2, 0.25) is 0 Å². The highest BCUT2D eigenvalue weighted by molar-refractivity contribution is 5.96. The number of carbonyl (C=O) groups excluding carboxylic acids is 1. The summed E-state index contributed by atoms with van der Waals surface area (Å²) in [6.07, 6.45) is -3.27. The molecule has 25 heavy (non-hydrogen) atoms. The SMILES string of the molecule is CCOC(=O)/C=C(\c1ccc(OC)cc1)c1cccc(C(F)(F)F)c1. The summed E-state index contributed by atoms with van der Waals surface area (Å²) in [5, 5.41) is 0. The van der Waals surface area contributed by atoms with Gasteiger partial charge in [0.25, 0.3) is 0 Å². The molecule has 0 radical (unpaired) electrons. The topological polar surface area (TPSA) is 35.5 Å². The predicted octanol–water partition coefficient (Wildman–Crippen LogP) is 4.71. The second-order valence-electron chi connectivity index (χ2n) is 5.12. The van der Waals surface area contributed by atoms with Crippen LogP contribution in [0, 0.1) is 0 Å². The van der Waals surface area contributed by atoms with E-state index in [1.807, 2.05) is 0 Å². The standard InChI is InChI=1S/C19H17F3O3/c1-3-25-18(23)12-17(13-7-9-16(24-2)10-8-13)14-5-4-6-15(11-14)19(20,21)22/h4-12H,3H2,1-2H3/b17-12+. The third-order valence-corrected chi connectivity index (χ3v) is 3.45. The van der Waals surface area contributed by atoms with Crippen LogP contribution in [0.3, 0.4) is 0 Å². The Kier molecular flexibility index (Phi) is 5.85. The zero-order valence-electron chi connectivity index (χ0n) is 13.8. The molecule has 0 aliphatic rings. The second kappa shape index (κ2) is 7.88. The molecule has 0 aromatic heterocycles. The van der Waals surface area contributed by atoms with Crippen LogP contribution in [0.4, 0.5) is 13.2 Å². The van der Waals surface area contributed by atoms with Gasteiger partial charge in [0.15, 0.2) is 0 Å². The van der Waals surface area contributed by atoms with Gasteiger partial charge in [0, 0.05) is 6.08 Å². The first-order valence-corrected chi connectivity index (χ1v) is 7.55. The summed E-state index contributed by atoms with van der Waals surface area (Å²) in [5.74, 6) is -0.0194. The Morgan fingerprint density at radius 3 is 2.32 bits per heavy atom. The Morgan fingerprint density at radius 2 is 1.76 bits per heavy atom. The normalized spacial score (nSPS) is 12.0. The fourth-order valence-corrected chi connectivity index (χ4v) is 2.27. The second-order valence-corrected chi connectivity index (χ2v) is 5.12. The Hall–Kier alpha value is -2.76. The van der Waals surface area contributed by atoms with Gasteiger partial charge in [0.2, 0.25) is 0 Å². The number of carbonyl (C=O) groups is 1. The highest BCUT2D eigenvalue weighted by atomic mass is 19.4. The van der Waals surface area contributed by atoms with Gasteiger partial charge in [0.1, 0.15) is 5.75 Å². The maximum Gasteiger partial charge on any atom is 0.416 e. The maximum absolute atomic E-state index is 13.0. The van der Waals surface area contributed by atoms with E-state index in [9.17, 15) is 18.0 Å². The number of ether oxygens (including phenoxy) is 2. The molecule has 3 nitrogen and oxygen atoms in total. The molecule has 0 unspecified atom stereocenters. The number of hydrogen-bond acceptors (Lipinski definition) is 3. The van der Waals surface area contributed by atoms with Gasteiger partial charge in [0.05, 0.1) is 19.3 Å². The highest BCUT2D eigenvalue weighted by Crippen LogP contribution is 2.33. The van der Waals surface area contributed by atoms with E-state index in [-0.39, 0.29) is 12.2 Å². The lowest BCUT2D eigenvalue weighted by molar-refractivity contribution is -0.138. The fourth-order valence-electron chi connectivity index (χ4n) is 2.27. The van der Waals surface area contributed by atoms with Crippen LogP contribution < -0.4 is 4.74 Å². The molecule has 0 fully saturated rings. The number of alkyl halides is 3. The average Bonchev–Trinajstić information content (AvgIpc) is 2.59. The van der Waals surface area contributed by atoms with Gasteiger partial charge in [-0.3, -0.25) is 0 Å². The molecule has 6 heteroatoms. The van der Waals surface area contributed by atoms with Crippen LogP contribution in [0.1, 0.15) is 23.6 Å². The molecule has 2 aromatic carbocycles. The number of hydrogen-bond donors (Lipinski definition) is 0. The van der Waals surface area contributed by atoms with Crippen molar-refractivity contribution in [3.63, 3.8) is 0 Å². The molecule has 0 atom stereocenters. The van der Waals surface area contributed by atoms with Crippen molar-refractivity contribution < 1.29 is 27.4 Å². The number of esters is 1. The van der Waals surface area contributed by atoms with Gasteiger partial charge in [-0.05, 0) is 47.9 Å². The predicted molar refractivity (Wildman–Crippen MR) is 88.2 cm³/mol. The number of methoxy groups -OCH3 is 1. The Balaban J connectivity index is 2.53. The zero-order chi connectivity index (χ0) is 18.4. The first-order chi connectivity index (χ1) is 11.8. The first-order valence-electron chi connectivity index (χ1n) is 7.55. The van der Waals surface area contributed by atoms with Crippen molar-refractivity contribution in [2.75, 3.05) is 13.7 Å². The minimum atomic E-state index is -4.47. The van der Waals surface area contributed by atoms with E-state index < -0.39 is 17.7 Å². The highest BCUT2D eigenvalue weighted by Gasteiger charge is 2.30. The molecule has 2 rings (SSSR count). The van der Waals surface area contributed by atoms with Gasteiger partial charge < -0.3 is 9.47 Å². The minimum Gasteiger partial charge on any atom is -0.497 e. The van der Waals surface area contributed by atoms with Crippen LogP contribution in [-0.4, -0.2) is 19.7 Å². The molecule has 0 heterocycles. The van der Waals surface area contributed by atoms with Gasteiger partial charge in [-0.1, -0.05) is 24.3 Å². The summed E-state index contributed by atoms with van der Waals surface area (Å²) in [7, 11) is 1.51. The van der Waals surface area contributed by atoms with E-state index in [0.29, 0.717) is 16.9 Å². The van der Waals surface area contributed by atoms with E-state index in [1.54, 1.807) is 31.2 Å². The molecule has 0 saturated carbocycles. The van der Waals surface area contributed by atoms with E-state index in [1.165, 1.54) is 25.3 Å². The van der Waals surface area contributed by atoms with Crippen molar-refractivity contribution in [2.45, 2.75) is 13.1 Å². The Labute approximate surface area is 143 Å². The van der Waals surface area contributed by atoms with Crippen molar-refractivity contribution in [1.82, 2.24) is 0 Å².